The van der Waals surface area contributed by atoms with Gasteiger partial charge in [-0.05, 0) is 61.5 Å². The summed E-state index contributed by atoms with van der Waals surface area (Å²) in [6.07, 6.45) is 1.48. The molecule has 1 fully saturated rings. The third-order valence-corrected chi connectivity index (χ3v) is 5.40. The van der Waals surface area contributed by atoms with Crippen molar-refractivity contribution < 1.29 is 4.74 Å². The van der Waals surface area contributed by atoms with Crippen LogP contribution in [0.25, 0.3) is 0 Å². The second-order valence-electron chi connectivity index (χ2n) is 6.47. The first kappa shape index (κ1) is 27.7. The molecule has 2 aromatic carbocycles. The molecule has 184 valence electrons. The molecule has 2 heterocycles. The monoisotopic (exact) mass is 503 g/mol. The van der Waals surface area contributed by atoms with Gasteiger partial charge in [-0.15, -0.1) is 0 Å². The predicted molar refractivity (Wildman–Crippen MR) is 145 cm³/mol. The molecule has 0 atom stereocenters. The molecule has 0 bridgehead atoms. The zero-order valence-electron chi connectivity index (χ0n) is 20.4. The van der Waals surface area contributed by atoms with E-state index in [1.165, 1.54) is 6.33 Å². The maximum absolute atomic E-state index is 5.95. The van der Waals surface area contributed by atoms with E-state index in [9.17, 15) is 0 Å². The van der Waals surface area contributed by atoms with Crippen molar-refractivity contribution in [3.8, 4) is 0 Å². The highest BCUT2D eigenvalue weighted by molar-refractivity contribution is 7.97. The largest absolute Gasteiger partial charge is 0.378 e. The predicted octanol–water partition coefficient (Wildman–Crippen LogP) is 6.13. The molecule has 0 unspecified atom stereocenters. The zero-order chi connectivity index (χ0) is 24.8. The lowest BCUT2D eigenvalue weighted by atomic mass is 10.2. The molecule has 3 aromatic rings. The molecule has 8 nitrogen and oxygen atoms in total. The van der Waals surface area contributed by atoms with Gasteiger partial charge < -0.3 is 20.3 Å². The van der Waals surface area contributed by atoms with Crippen LogP contribution in [0, 0.1) is 0 Å². The molecule has 0 saturated carbocycles. The first-order chi connectivity index (χ1) is 16.7. The van der Waals surface area contributed by atoms with Gasteiger partial charge in [-0.3, -0.25) is 4.72 Å². The highest BCUT2D eigenvalue weighted by atomic mass is 35.5. The summed E-state index contributed by atoms with van der Waals surface area (Å²) in [5.74, 6) is 0.908. The fourth-order valence-corrected chi connectivity index (χ4v) is 3.75. The summed E-state index contributed by atoms with van der Waals surface area (Å²) in [5, 5.41) is 7.20. The third kappa shape index (κ3) is 8.32. The average Bonchev–Trinajstić information content (AvgIpc) is 2.89. The van der Waals surface area contributed by atoms with E-state index in [-0.39, 0.29) is 0 Å². The fourth-order valence-electron chi connectivity index (χ4n) is 3.08. The maximum Gasteiger partial charge on any atom is 0.232 e. The van der Waals surface area contributed by atoms with Crippen molar-refractivity contribution in [1.82, 2.24) is 19.7 Å². The average molecular weight is 504 g/mol. The highest BCUT2D eigenvalue weighted by Gasteiger charge is 2.16. The van der Waals surface area contributed by atoms with E-state index in [0.29, 0.717) is 30.1 Å². The summed E-state index contributed by atoms with van der Waals surface area (Å²) in [5.41, 5.74) is 2.87. The van der Waals surface area contributed by atoms with Crippen LogP contribution in [0.2, 0.25) is 5.02 Å². The molecule has 1 aromatic heterocycles. The summed E-state index contributed by atoms with van der Waals surface area (Å²) < 4.78 is 8.60. The minimum absolute atomic E-state index is 0.448. The van der Waals surface area contributed by atoms with Gasteiger partial charge in [0.1, 0.15) is 6.33 Å². The van der Waals surface area contributed by atoms with Gasteiger partial charge in [0.25, 0.3) is 0 Å². The molecular formula is C24H34ClN7OS. The van der Waals surface area contributed by atoms with Crippen LogP contribution in [-0.4, -0.2) is 48.3 Å². The first-order valence-corrected chi connectivity index (χ1v) is 12.7. The molecule has 1 saturated heterocycles. The normalized spacial score (nSPS) is 12.6. The van der Waals surface area contributed by atoms with Crippen LogP contribution < -0.4 is 20.3 Å². The van der Waals surface area contributed by atoms with Crippen LogP contribution in [0.3, 0.4) is 0 Å². The smallest absolute Gasteiger partial charge is 0.232 e. The Kier molecular flexibility index (Phi) is 12.5. The van der Waals surface area contributed by atoms with Gasteiger partial charge in [0.05, 0.1) is 24.6 Å². The molecule has 3 N–H and O–H groups in total. The van der Waals surface area contributed by atoms with Crippen molar-refractivity contribution in [3.05, 3.63) is 53.8 Å². The molecule has 1 aliphatic heterocycles. The quantitative estimate of drug-likeness (QED) is 0.329. The molecule has 4 rings (SSSR count). The van der Waals surface area contributed by atoms with Gasteiger partial charge in [0.15, 0.2) is 0 Å². The van der Waals surface area contributed by atoms with Crippen LogP contribution in [0.1, 0.15) is 27.7 Å². The van der Waals surface area contributed by atoms with Gasteiger partial charge in [-0.2, -0.15) is 4.98 Å². The number of aromatic nitrogens is 3. The van der Waals surface area contributed by atoms with Crippen molar-refractivity contribution in [1.29, 1.82) is 0 Å². The molecule has 1 aliphatic rings. The van der Waals surface area contributed by atoms with Gasteiger partial charge in [-0.1, -0.05) is 39.3 Å². The second-order valence-corrected chi connectivity index (χ2v) is 7.99. The third-order valence-electron chi connectivity index (χ3n) is 4.46. The molecule has 0 radical (unpaired) electrons. The Hall–Kier alpha value is -2.59. The number of hydrogen-bond donors (Lipinski definition) is 3. The maximum atomic E-state index is 5.95. The zero-order valence-corrected chi connectivity index (χ0v) is 22.0. The number of rotatable bonds is 7. The van der Waals surface area contributed by atoms with Gasteiger partial charge in [0.2, 0.25) is 11.9 Å². The van der Waals surface area contributed by atoms with Crippen LogP contribution in [0.15, 0.2) is 53.7 Å². The molecule has 0 spiro atoms. The van der Waals surface area contributed by atoms with Crippen molar-refractivity contribution >= 4 is 52.5 Å². The van der Waals surface area contributed by atoms with E-state index in [1.54, 1.807) is 11.9 Å². The summed E-state index contributed by atoms with van der Waals surface area (Å²) in [6, 6.07) is 13.7. The molecule has 0 amide bonds. The van der Waals surface area contributed by atoms with Crippen LogP contribution in [-0.2, 0) is 4.74 Å². The lowest BCUT2D eigenvalue weighted by Crippen LogP contribution is -2.36. The van der Waals surface area contributed by atoms with Crippen molar-refractivity contribution in [2.75, 3.05) is 48.9 Å². The Labute approximate surface area is 212 Å². The van der Waals surface area contributed by atoms with E-state index >= 15 is 0 Å². The topological polar surface area (TPSA) is 87.2 Å². The number of halogens is 1. The minimum atomic E-state index is 0.448. The Bertz CT molecular complexity index is 985. The minimum Gasteiger partial charge on any atom is -0.378 e. The second kappa shape index (κ2) is 15.3. The lowest BCUT2D eigenvalue weighted by molar-refractivity contribution is 0.123. The van der Waals surface area contributed by atoms with Crippen LogP contribution >= 0.6 is 23.5 Å². The number of nitrogens with zero attached hydrogens (tertiary/aromatic N) is 4. The number of anilines is 5. The van der Waals surface area contributed by atoms with Gasteiger partial charge >= 0.3 is 0 Å². The standard InChI is InChI=1S/C20H22ClN7OS.2C2H6/c1-22-30-16-6-7-18(28-8-10-29-11-9-28)17(12-16)26-20-24-13-23-19(27-20)25-15-4-2-14(21)3-5-15;2*1-2/h2-7,12-13,22H,8-11H2,1H3,(H2,23,24,25,26,27);2*1-2H3. The van der Waals surface area contributed by atoms with Gasteiger partial charge in [0, 0.05) is 28.7 Å². The number of hydrogen-bond acceptors (Lipinski definition) is 9. The molecule has 0 aliphatic carbocycles. The van der Waals surface area contributed by atoms with Crippen molar-refractivity contribution in [2.24, 2.45) is 0 Å². The van der Waals surface area contributed by atoms with Crippen molar-refractivity contribution in [3.63, 3.8) is 0 Å². The summed E-state index contributed by atoms with van der Waals surface area (Å²) in [7, 11) is 1.90. The number of ether oxygens (including phenoxy) is 1. The Morgan fingerprint density at radius 3 is 2.21 bits per heavy atom. The fraction of sp³-hybridized carbons (Fsp3) is 0.375. The Morgan fingerprint density at radius 2 is 1.56 bits per heavy atom. The van der Waals surface area contributed by atoms with Crippen LogP contribution in [0.5, 0.6) is 0 Å². The molecule has 34 heavy (non-hydrogen) atoms. The van der Waals surface area contributed by atoms with E-state index in [1.807, 2.05) is 59.0 Å². The van der Waals surface area contributed by atoms with E-state index in [2.05, 4.69) is 53.4 Å². The summed E-state index contributed by atoms with van der Waals surface area (Å²) in [4.78, 5) is 16.4. The van der Waals surface area contributed by atoms with E-state index in [4.69, 9.17) is 16.3 Å². The first-order valence-electron chi connectivity index (χ1n) is 11.5. The Balaban J connectivity index is 0.000000970. The SMILES string of the molecule is CC.CC.CNSc1ccc(N2CCOCC2)c(Nc2ncnc(Nc3ccc(Cl)cc3)n2)c1. The van der Waals surface area contributed by atoms with E-state index < -0.39 is 0 Å². The lowest BCUT2D eigenvalue weighted by Gasteiger charge is -2.30. The van der Waals surface area contributed by atoms with Crippen LogP contribution in [0.4, 0.5) is 29.0 Å². The number of morpholine rings is 1. The highest BCUT2D eigenvalue weighted by Crippen LogP contribution is 2.32. The molecular weight excluding hydrogens is 470 g/mol. The number of nitrogens with one attached hydrogen (secondary N) is 3. The summed E-state index contributed by atoms with van der Waals surface area (Å²) >= 11 is 7.50. The number of benzene rings is 2. The van der Waals surface area contributed by atoms with E-state index in [0.717, 1.165) is 35.0 Å². The Morgan fingerprint density at radius 1 is 0.912 bits per heavy atom. The summed E-state index contributed by atoms with van der Waals surface area (Å²) in [6.45, 7) is 11.1. The van der Waals surface area contributed by atoms with Crippen molar-refractivity contribution in [2.45, 2.75) is 32.6 Å². The van der Waals surface area contributed by atoms with Gasteiger partial charge in [-0.25, -0.2) is 9.97 Å². The molecule has 10 heteroatoms.